The molecule has 2 aromatic rings. The van der Waals surface area contributed by atoms with Crippen molar-refractivity contribution in [3.05, 3.63) is 52.5 Å². The molecule has 0 saturated carbocycles. The van der Waals surface area contributed by atoms with Crippen molar-refractivity contribution in [1.82, 2.24) is 4.90 Å². The van der Waals surface area contributed by atoms with E-state index in [2.05, 4.69) is 21.2 Å². The maximum atomic E-state index is 12.2. The summed E-state index contributed by atoms with van der Waals surface area (Å²) in [4.78, 5) is 14.1. The number of hydrogen-bond acceptors (Lipinski definition) is 4. The largest absolute Gasteiger partial charge is 0.493 e. The van der Waals surface area contributed by atoms with Crippen LogP contribution in [0.3, 0.4) is 0 Å². The van der Waals surface area contributed by atoms with E-state index in [0.29, 0.717) is 25.4 Å². The number of rotatable bonds is 8. The number of anilines is 1. The molecule has 0 radical (unpaired) electrons. The van der Waals surface area contributed by atoms with Crippen LogP contribution in [0, 0.1) is 0 Å². The molecule has 0 aliphatic carbocycles. The summed E-state index contributed by atoms with van der Waals surface area (Å²) in [7, 11) is 3.53. The van der Waals surface area contributed by atoms with Crippen molar-refractivity contribution in [2.24, 2.45) is 0 Å². The lowest BCUT2D eigenvalue weighted by atomic mass is 10.2. The Labute approximate surface area is 157 Å². The van der Waals surface area contributed by atoms with Gasteiger partial charge in [-0.1, -0.05) is 22.0 Å². The molecule has 1 N–H and O–H groups in total. The molecule has 0 spiro atoms. The van der Waals surface area contributed by atoms with Gasteiger partial charge >= 0.3 is 0 Å². The smallest absolute Gasteiger partial charge is 0.238 e. The number of benzene rings is 2. The first kappa shape index (κ1) is 19.3. The van der Waals surface area contributed by atoms with Gasteiger partial charge in [-0.05, 0) is 55.9 Å². The van der Waals surface area contributed by atoms with E-state index in [0.717, 1.165) is 21.5 Å². The standard InChI is InChI=1S/C19H23BrN2O3/c1-4-25-17-10-5-14(11-18(17)24-3)12-22(2)13-19(23)21-16-8-6-15(20)7-9-16/h5-11H,4,12-13H2,1-3H3,(H,21,23). The lowest BCUT2D eigenvalue weighted by Gasteiger charge is -2.18. The Morgan fingerprint density at radius 2 is 1.88 bits per heavy atom. The normalized spacial score (nSPS) is 10.6. The molecular weight excluding hydrogens is 384 g/mol. The highest BCUT2D eigenvalue weighted by atomic mass is 79.9. The van der Waals surface area contributed by atoms with Crippen LogP contribution in [0.4, 0.5) is 5.69 Å². The molecule has 1 amide bonds. The summed E-state index contributed by atoms with van der Waals surface area (Å²) in [5, 5.41) is 2.89. The zero-order valence-corrected chi connectivity index (χ0v) is 16.3. The average Bonchev–Trinajstić information content (AvgIpc) is 2.58. The van der Waals surface area contributed by atoms with Crippen LogP contribution >= 0.6 is 15.9 Å². The molecule has 134 valence electrons. The SMILES string of the molecule is CCOc1ccc(CN(C)CC(=O)Nc2ccc(Br)cc2)cc1OC. The van der Waals surface area contributed by atoms with Gasteiger partial charge in [0.1, 0.15) is 0 Å². The van der Waals surface area contributed by atoms with E-state index in [4.69, 9.17) is 9.47 Å². The Morgan fingerprint density at radius 3 is 2.52 bits per heavy atom. The summed E-state index contributed by atoms with van der Waals surface area (Å²) in [5.74, 6) is 1.37. The molecule has 0 saturated heterocycles. The van der Waals surface area contributed by atoms with Crippen molar-refractivity contribution in [1.29, 1.82) is 0 Å². The Morgan fingerprint density at radius 1 is 1.16 bits per heavy atom. The molecule has 6 heteroatoms. The first-order valence-corrected chi connectivity index (χ1v) is 8.84. The van der Waals surface area contributed by atoms with Gasteiger partial charge in [0, 0.05) is 16.7 Å². The van der Waals surface area contributed by atoms with Gasteiger partial charge in [0.15, 0.2) is 11.5 Å². The predicted octanol–water partition coefficient (Wildman–Crippen LogP) is 3.93. The van der Waals surface area contributed by atoms with E-state index in [9.17, 15) is 4.79 Å². The number of carbonyl (C=O) groups is 1. The average molecular weight is 407 g/mol. The summed E-state index contributed by atoms with van der Waals surface area (Å²) >= 11 is 3.38. The monoisotopic (exact) mass is 406 g/mol. The number of hydrogen-bond donors (Lipinski definition) is 1. The van der Waals surface area contributed by atoms with Crippen LogP contribution in [-0.2, 0) is 11.3 Å². The maximum absolute atomic E-state index is 12.2. The van der Waals surface area contributed by atoms with Gasteiger partial charge in [0.05, 0.1) is 20.3 Å². The summed E-state index contributed by atoms with van der Waals surface area (Å²) in [6, 6.07) is 13.3. The van der Waals surface area contributed by atoms with E-state index < -0.39 is 0 Å². The molecule has 0 aliphatic heterocycles. The summed E-state index contributed by atoms with van der Waals surface area (Å²) in [6.07, 6.45) is 0. The topological polar surface area (TPSA) is 50.8 Å². The Hall–Kier alpha value is -2.05. The summed E-state index contributed by atoms with van der Waals surface area (Å²) in [5.41, 5.74) is 1.84. The van der Waals surface area contributed by atoms with Gasteiger partial charge in [-0.15, -0.1) is 0 Å². The van der Waals surface area contributed by atoms with Gasteiger partial charge < -0.3 is 14.8 Å². The minimum absolute atomic E-state index is 0.0530. The van der Waals surface area contributed by atoms with E-state index in [1.165, 1.54) is 0 Å². The lowest BCUT2D eigenvalue weighted by Crippen LogP contribution is -2.29. The van der Waals surface area contributed by atoms with Crippen LogP contribution in [0.25, 0.3) is 0 Å². The number of halogens is 1. The minimum atomic E-state index is -0.0530. The Kier molecular flexibility index (Phi) is 7.28. The molecule has 2 rings (SSSR count). The number of nitrogens with one attached hydrogen (secondary N) is 1. The molecule has 0 unspecified atom stereocenters. The second-order valence-electron chi connectivity index (χ2n) is 5.65. The minimum Gasteiger partial charge on any atom is -0.493 e. The number of amides is 1. The first-order valence-electron chi connectivity index (χ1n) is 8.05. The second kappa shape index (κ2) is 9.44. The fraction of sp³-hybridized carbons (Fsp3) is 0.316. The van der Waals surface area contributed by atoms with E-state index in [-0.39, 0.29) is 5.91 Å². The van der Waals surface area contributed by atoms with Gasteiger partial charge in [-0.3, -0.25) is 9.69 Å². The number of methoxy groups -OCH3 is 1. The first-order chi connectivity index (χ1) is 12.0. The molecule has 2 aromatic carbocycles. The number of nitrogens with zero attached hydrogens (tertiary/aromatic N) is 1. The van der Waals surface area contributed by atoms with Crippen LogP contribution in [0.1, 0.15) is 12.5 Å². The summed E-state index contributed by atoms with van der Waals surface area (Å²) in [6.45, 7) is 3.46. The van der Waals surface area contributed by atoms with Crippen LogP contribution in [0.15, 0.2) is 46.9 Å². The lowest BCUT2D eigenvalue weighted by molar-refractivity contribution is -0.117. The van der Waals surface area contributed by atoms with Crippen molar-refractivity contribution < 1.29 is 14.3 Å². The van der Waals surface area contributed by atoms with Crippen LogP contribution < -0.4 is 14.8 Å². The molecule has 0 aromatic heterocycles. The van der Waals surface area contributed by atoms with Gasteiger partial charge in [0.2, 0.25) is 5.91 Å². The molecular formula is C19H23BrN2O3. The predicted molar refractivity (Wildman–Crippen MR) is 103 cm³/mol. The van der Waals surface area contributed by atoms with Crippen LogP contribution in [0.5, 0.6) is 11.5 Å². The van der Waals surface area contributed by atoms with Crippen molar-refractivity contribution in [3.8, 4) is 11.5 Å². The van der Waals surface area contributed by atoms with Gasteiger partial charge in [-0.2, -0.15) is 0 Å². The molecule has 25 heavy (non-hydrogen) atoms. The molecule has 0 heterocycles. The second-order valence-corrected chi connectivity index (χ2v) is 6.56. The van der Waals surface area contributed by atoms with E-state index in [1.807, 2.05) is 61.3 Å². The summed E-state index contributed by atoms with van der Waals surface area (Å²) < 4.78 is 11.9. The van der Waals surface area contributed by atoms with Gasteiger partial charge in [0.25, 0.3) is 0 Å². The van der Waals surface area contributed by atoms with Gasteiger partial charge in [-0.25, -0.2) is 0 Å². The van der Waals surface area contributed by atoms with Crippen molar-refractivity contribution in [2.45, 2.75) is 13.5 Å². The Balaban J connectivity index is 1.91. The highest BCUT2D eigenvalue weighted by Gasteiger charge is 2.10. The fourth-order valence-corrected chi connectivity index (χ4v) is 2.70. The molecule has 0 bridgehead atoms. The van der Waals surface area contributed by atoms with Crippen LogP contribution in [-0.4, -0.2) is 38.1 Å². The molecule has 0 atom stereocenters. The third-order valence-corrected chi connectivity index (χ3v) is 4.05. The van der Waals surface area contributed by atoms with Crippen molar-refractivity contribution in [3.63, 3.8) is 0 Å². The number of ether oxygens (including phenoxy) is 2. The maximum Gasteiger partial charge on any atom is 0.238 e. The zero-order chi connectivity index (χ0) is 18.2. The fourth-order valence-electron chi connectivity index (χ4n) is 2.43. The van der Waals surface area contributed by atoms with E-state index >= 15 is 0 Å². The molecule has 0 fully saturated rings. The van der Waals surface area contributed by atoms with Crippen LogP contribution in [0.2, 0.25) is 0 Å². The quantitative estimate of drug-likeness (QED) is 0.721. The highest BCUT2D eigenvalue weighted by molar-refractivity contribution is 9.10. The van der Waals surface area contributed by atoms with E-state index in [1.54, 1.807) is 7.11 Å². The zero-order valence-electron chi connectivity index (χ0n) is 14.7. The Bertz CT molecular complexity index is 704. The number of carbonyl (C=O) groups excluding carboxylic acids is 1. The highest BCUT2D eigenvalue weighted by Crippen LogP contribution is 2.28. The van der Waals surface area contributed by atoms with Crippen molar-refractivity contribution >= 4 is 27.5 Å². The van der Waals surface area contributed by atoms with Crippen molar-refractivity contribution in [2.75, 3.05) is 32.6 Å². The third-order valence-electron chi connectivity index (χ3n) is 3.52. The number of likely N-dealkylation sites (N-methyl/N-ethyl adjacent to an activating group) is 1. The third kappa shape index (κ3) is 6.07. The molecule has 5 nitrogen and oxygen atoms in total. The molecule has 0 aliphatic rings.